The fraction of sp³-hybridized carbons (Fsp3) is 0.667. The van der Waals surface area contributed by atoms with E-state index in [9.17, 15) is 0 Å². The summed E-state index contributed by atoms with van der Waals surface area (Å²) in [5, 5.41) is 8.67. The number of hydrogen-bond donors (Lipinski definition) is 0. The molecule has 0 aromatic heterocycles. The molecular weight excluding hydrogens is 172 g/mol. The van der Waals surface area contributed by atoms with Gasteiger partial charge in [-0.15, -0.1) is 0 Å². The highest BCUT2D eigenvalue weighted by molar-refractivity contribution is 5.96. The van der Waals surface area contributed by atoms with Crippen molar-refractivity contribution in [2.45, 2.75) is 53.0 Å². The fourth-order valence-corrected chi connectivity index (χ4v) is 1.09. The predicted octanol–water partition coefficient (Wildman–Crippen LogP) is 3.50. The average Bonchev–Trinajstić information content (AvgIpc) is 2.17. The van der Waals surface area contributed by atoms with Gasteiger partial charge in [-0.3, -0.25) is 4.99 Å². The summed E-state index contributed by atoms with van der Waals surface area (Å²) in [6.07, 6.45) is 4.98. The molecule has 0 radical (unpaired) electrons. The summed E-state index contributed by atoms with van der Waals surface area (Å²) in [6.45, 7) is 8.17. The third-order valence-corrected chi connectivity index (χ3v) is 2.04. The van der Waals surface area contributed by atoms with Crippen molar-refractivity contribution in [3.63, 3.8) is 0 Å². The van der Waals surface area contributed by atoms with Gasteiger partial charge in [0.25, 0.3) is 0 Å². The lowest BCUT2D eigenvalue weighted by atomic mass is 10.1. The summed E-state index contributed by atoms with van der Waals surface area (Å²) in [4.78, 5) is 4.56. The average molecular weight is 192 g/mol. The Morgan fingerprint density at radius 2 is 2.14 bits per heavy atom. The summed E-state index contributed by atoms with van der Waals surface area (Å²) in [5.41, 5.74) is 1.79. The molecule has 0 N–H and O–H groups in total. The van der Waals surface area contributed by atoms with Gasteiger partial charge in [0.2, 0.25) is 0 Å². The zero-order chi connectivity index (χ0) is 11.0. The molecule has 0 heterocycles. The second-order valence-electron chi connectivity index (χ2n) is 3.57. The molecule has 0 saturated carbocycles. The van der Waals surface area contributed by atoms with Crippen LogP contribution in [0.5, 0.6) is 0 Å². The number of allylic oxidation sites excluding steroid dienone is 2. The van der Waals surface area contributed by atoms with Crippen molar-refractivity contribution in [3.8, 4) is 6.07 Å². The third-order valence-electron chi connectivity index (χ3n) is 2.04. The first-order chi connectivity index (χ1) is 6.63. The van der Waals surface area contributed by atoms with Gasteiger partial charge in [0.15, 0.2) is 0 Å². The Bertz CT molecular complexity index is 256. The summed E-state index contributed by atoms with van der Waals surface area (Å²) < 4.78 is 0. The summed E-state index contributed by atoms with van der Waals surface area (Å²) in [7, 11) is 0. The molecule has 78 valence electrons. The maximum atomic E-state index is 8.67. The van der Waals surface area contributed by atoms with Crippen LogP contribution in [0.3, 0.4) is 0 Å². The van der Waals surface area contributed by atoms with Crippen LogP contribution in [0.1, 0.15) is 47.0 Å². The maximum absolute atomic E-state index is 8.67. The zero-order valence-electron chi connectivity index (χ0n) is 9.67. The molecule has 0 aliphatic rings. The Labute approximate surface area is 87.4 Å². The van der Waals surface area contributed by atoms with Crippen molar-refractivity contribution in [2.75, 3.05) is 0 Å². The van der Waals surface area contributed by atoms with Crippen molar-refractivity contribution in [2.24, 2.45) is 4.99 Å². The van der Waals surface area contributed by atoms with Crippen LogP contribution in [-0.2, 0) is 0 Å². The van der Waals surface area contributed by atoms with Crippen molar-refractivity contribution >= 4 is 5.71 Å². The minimum atomic E-state index is 0.360. The molecule has 1 atom stereocenters. The number of hydrogen-bond acceptors (Lipinski definition) is 2. The van der Waals surface area contributed by atoms with E-state index in [4.69, 9.17) is 5.26 Å². The minimum absolute atomic E-state index is 0.360. The molecule has 2 heteroatoms. The number of nitrogens with zero attached hydrogens (tertiary/aromatic N) is 2. The lowest BCUT2D eigenvalue weighted by Crippen LogP contribution is -2.02. The Morgan fingerprint density at radius 3 is 2.57 bits per heavy atom. The highest BCUT2D eigenvalue weighted by atomic mass is 14.8. The van der Waals surface area contributed by atoms with Crippen molar-refractivity contribution in [1.29, 1.82) is 5.26 Å². The van der Waals surface area contributed by atoms with Crippen LogP contribution in [0.4, 0.5) is 0 Å². The van der Waals surface area contributed by atoms with E-state index < -0.39 is 0 Å². The molecule has 14 heavy (non-hydrogen) atoms. The van der Waals surface area contributed by atoms with Gasteiger partial charge in [0, 0.05) is 17.3 Å². The highest BCUT2D eigenvalue weighted by Gasteiger charge is 1.99. The largest absolute Gasteiger partial charge is 0.287 e. The molecular formula is C12H20N2. The van der Waals surface area contributed by atoms with E-state index in [-0.39, 0.29) is 0 Å². The smallest absolute Gasteiger partial charge is 0.0944 e. The van der Waals surface area contributed by atoms with Gasteiger partial charge in [-0.1, -0.05) is 20.3 Å². The quantitative estimate of drug-likeness (QED) is 0.485. The van der Waals surface area contributed by atoms with Gasteiger partial charge < -0.3 is 0 Å². The fourth-order valence-electron chi connectivity index (χ4n) is 1.09. The lowest BCUT2D eigenvalue weighted by Gasteiger charge is -2.05. The van der Waals surface area contributed by atoms with Crippen molar-refractivity contribution < 1.29 is 0 Å². The van der Waals surface area contributed by atoms with E-state index in [0.717, 1.165) is 30.5 Å². The van der Waals surface area contributed by atoms with E-state index in [1.54, 1.807) is 0 Å². The van der Waals surface area contributed by atoms with E-state index in [0.29, 0.717) is 6.04 Å². The SMILES string of the molecule is CCCC(/C=C(\C)C#N)=NC(C)CC. The van der Waals surface area contributed by atoms with Crippen LogP contribution in [0.15, 0.2) is 16.6 Å². The van der Waals surface area contributed by atoms with Gasteiger partial charge in [0.1, 0.15) is 0 Å². The van der Waals surface area contributed by atoms with Gasteiger partial charge >= 0.3 is 0 Å². The molecule has 1 unspecified atom stereocenters. The van der Waals surface area contributed by atoms with Gasteiger partial charge in [-0.2, -0.15) is 5.26 Å². The normalized spacial score (nSPS) is 15.1. The van der Waals surface area contributed by atoms with Crippen LogP contribution in [0.25, 0.3) is 0 Å². The number of nitriles is 1. The lowest BCUT2D eigenvalue weighted by molar-refractivity contribution is 0.713. The maximum Gasteiger partial charge on any atom is 0.0944 e. The van der Waals surface area contributed by atoms with E-state index in [1.165, 1.54) is 0 Å². The number of rotatable bonds is 5. The topological polar surface area (TPSA) is 36.1 Å². The van der Waals surface area contributed by atoms with Crippen LogP contribution < -0.4 is 0 Å². The monoisotopic (exact) mass is 192 g/mol. The second kappa shape index (κ2) is 7.32. The molecule has 0 bridgehead atoms. The Balaban J connectivity index is 4.60. The molecule has 0 fully saturated rings. The van der Waals surface area contributed by atoms with Gasteiger partial charge in [-0.25, -0.2) is 0 Å². The first-order valence-electron chi connectivity index (χ1n) is 5.29. The minimum Gasteiger partial charge on any atom is -0.287 e. The van der Waals surface area contributed by atoms with E-state index >= 15 is 0 Å². The Kier molecular flexibility index (Phi) is 6.74. The van der Waals surface area contributed by atoms with Crippen molar-refractivity contribution in [1.82, 2.24) is 0 Å². The molecule has 0 spiro atoms. The Hall–Kier alpha value is -1.10. The van der Waals surface area contributed by atoms with Crippen LogP contribution in [0.2, 0.25) is 0 Å². The molecule has 0 amide bonds. The first kappa shape index (κ1) is 12.9. The molecule has 0 aromatic rings. The predicted molar refractivity (Wildman–Crippen MR) is 61.5 cm³/mol. The Morgan fingerprint density at radius 1 is 1.50 bits per heavy atom. The van der Waals surface area contributed by atoms with E-state index in [1.807, 2.05) is 13.0 Å². The van der Waals surface area contributed by atoms with Crippen LogP contribution in [0, 0.1) is 11.3 Å². The molecule has 0 saturated heterocycles. The zero-order valence-corrected chi connectivity index (χ0v) is 9.67. The second-order valence-corrected chi connectivity index (χ2v) is 3.57. The summed E-state index contributed by atoms with van der Waals surface area (Å²) >= 11 is 0. The molecule has 2 nitrogen and oxygen atoms in total. The molecule has 0 aromatic carbocycles. The molecule has 0 rings (SSSR count). The summed E-state index contributed by atoms with van der Waals surface area (Å²) in [6, 6.07) is 2.49. The van der Waals surface area contributed by atoms with E-state index in [2.05, 4.69) is 31.8 Å². The standard InChI is InChI=1S/C12H20N2/c1-5-7-12(8-10(3)9-13)14-11(4)6-2/h8,11H,5-7H2,1-4H3/b10-8+,14-12?. The highest BCUT2D eigenvalue weighted by Crippen LogP contribution is 2.03. The van der Waals surface area contributed by atoms with Crippen molar-refractivity contribution in [3.05, 3.63) is 11.6 Å². The van der Waals surface area contributed by atoms with Crippen LogP contribution in [-0.4, -0.2) is 11.8 Å². The van der Waals surface area contributed by atoms with Gasteiger partial charge in [-0.05, 0) is 32.8 Å². The van der Waals surface area contributed by atoms with Crippen LogP contribution >= 0.6 is 0 Å². The molecule has 0 aliphatic carbocycles. The van der Waals surface area contributed by atoms with Gasteiger partial charge in [0.05, 0.1) is 6.07 Å². The first-order valence-corrected chi connectivity index (χ1v) is 5.29. The number of aliphatic imine (C=N–C) groups is 1. The summed E-state index contributed by atoms with van der Waals surface area (Å²) in [5.74, 6) is 0. The molecule has 0 aliphatic heterocycles. The third kappa shape index (κ3) is 5.53.